The number of ether oxygens (including phenoxy) is 1. The number of allylic oxidation sites excluding steroid dienone is 1. The summed E-state index contributed by atoms with van der Waals surface area (Å²) in [5.41, 5.74) is 7.32. The number of halogens is 3. The van der Waals surface area contributed by atoms with E-state index in [1.807, 2.05) is 0 Å². The van der Waals surface area contributed by atoms with Crippen molar-refractivity contribution in [2.24, 2.45) is 5.73 Å². The van der Waals surface area contributed by atoms with Crippen LogP contribution in [0.25, 0.3) is 22.2 Å². The van der Waals surface area contributed by atoms with E-state index in [4.69, 9.17) is 10.5 Å². The van der Waals surface area contributed by atoms with Crippen molar-refractivity contribution in [1.29, 1.82) is 0 Å². The molecule has 0 saturated heterocycles. The quantitative estimate of drug-likeness (QED) is 0.527. The van der Waals surface area contributed by atoms with Gasteiger partial charge in [0.2, 0.25) is 0 Å². The molecule has 0 aliphatic carbocycles. The number of rotatable bonds is 6. The highest BCUT2D eigenvalue weighted by Gasteiger charge is 2.18. The van der Waals surface area contributed by atoms with E-state index in [-0.39, 0.29) is 48.4 Å². The first-order chi connectivity index (χ1) is 13.7. The standard InChI is InChI=1S/C19H19FN4O4S.2ClH/c1-28-19(25)13-9-16(12-4-3-5-15(8-12)29(2,26)27)18-17(10-13)24(23-22-18)11-14(20)6-7-21;;/h3-6,8-10H,7,11,21H2,1-2H3;2*1H/b14-6-;;. The molecule has 0 radical (unpaired) electrons. The van der Waals surface area contributed by atoms with Crippen molar-refractivity contribution in [3.63, 3.8) is 0 Å². The molecule has 2 N–H and O–H groups in total. The van der Waals surface area contributed by atoms with Gasteiger partial charge >= 0.3 is 5.97 Å². The molecule has 0 unspecified atom stereocenters. The third kappa shape index (κ3) is 5.79. The van der Waals surface area contributed by atoms with Gasteiger partial charge in [-0.2, -0.15) is 0 Å². The van der Waals surface area contributed by atoms with Crippen molar-refractivity contribution in [1.82, 2.24) is 15.0 Å². The van der Waals surface area contributed by atoms with E-state index in [1.54, 1.807) is 18.2 Å². The van der Waals surface area contributed by atoms with Gasteiger partial charge in [0.15, 0.2) is 9.84 Å². The average Bonchev–Trinajstić information content (AvgIpc) is 3.09. The van der Waals surface area contributed by atoms with Crippen LogP contribution in [0.5, 0.6) is 0 Å². The molecule has 0 atom stereocenters. The maximum absolute atomic E-state index is 14.0. The number of fused-ring (bicyclic) bond motifs is 1. The molecule has 12 heteroatoms. The molecule has 2 aromatic carbocycles. The van der Waals surface area contributed by atoms with Gasteiger partial charge in [-0.1, -0.05) is 17.3 Å². The molecule has 0 bridgehead atoms. The Hall–Kier alpha value is -2.53. The second kappa shape index (κ2) is 10.7. The van der Waals surface area contributed by atoms with Gasteiger partial charge in [-0.05, 0) is 35.9 Å². The lowest BCUT2D eigenvalue weighted by Crippen LogP contribution is -2.05. The molecule has 0 spiro atoms. The Balaban J connectivity index is 0.00000240. The van der Waals surface area contributed by atoms with Gasteiger partial charge in [0.25, 0.3) is 0 Å². The minimum atomic E-state index is -3.44. The summed E-state index contributed by atoms with van der Waals surface area (Å²) >= 11 is 0. The Labute approximate surface area is 191 Å². The highest BCUT2D eigenvalue weighted by Crippen LogP contribution is 2.31. The van der Waals surface area contributed by atoms with Crippen LogP contribution in [0.3, 0.4) is 0 Å². The summed E-state index contributed by atoms with van der Waals surface area (Å²) in [6.45, 7) is -0.170. The van der Waals surface area contributed by atoms with Crippen LogP contribution in [0.4, 0.5) is 4.39 Å². The Bertz CT molecular complexity index is 1230. The van der Waals surface area contributed by atoms with Crippen molar-refractivity contribution in [3.05, 3.63) is 53.9 Å². The van der Waals surface area contributed by atoms with Gasteiger partial charge in [0.1, 0.15) is 11.3 Å². The van der Waals surface area contributed by atoms with Crippen LogP contribution >= 0.6 is 24.8 Å². The van der Waals surface area contributed by atoms with Crippen LogP contribution in [0.2, 0.25) is 0 Å². The predicted molar refractivity (Wildman–Crippen MR) is 120 cm³/mol. The minimum Gasteiger partial charge on any atom is -0.465 e. The second-order valence-corrected chi connectivity index (χ2v) is 8.33. The SMILES string of the molecule is COC(=O)c1cc(-c2cccc(S(C)(=O)=O)c2)c2nnn(C/C(F)=C/CN)c2c1.Cl.Cl. The van der Waals surface area contributed by atoms with Crippen LogP contribution in [0, 0.1) is 0 Å². The molecule has 1 heterocycles. The smallest absolute Gasteiger partial charge is 0.337 e. The zero-order chi connectivity index (χ0) is 21.2. The van der Waals surface area contributed by atoms with Crippen LogP contribution < -0.4 is 5.73 Å². The zero-order valence-electron chi connectivity index (χ0n) is 16.6. The highest BCUT2D eigenvalue weighted by molar-refractivity contribution is 7.90. The average molecular weight is 491 g/mol. The Kier molecular flexibility index (Phi) is 9.12. The summed E-state index contributed by atoms with van der Waals surface area (Å²) < 4.78 is 43.9. The van der Waals surface area contributed by atoms with Gasteiger partial charge in [-0.25, -0.2) is 22.3 Å². The summed E-state index contributed by atoms with van der Waals surface area (Å²) in [6, 6.07) is 9.29. The van der Waals surface area contributed by atoms with Crippen LogP contribution in [-0.4, -0.2) is 49.3 Å². The van der Waals surface area contributed by atoms with Crippen molar-refractivity contribution >= 4 is 51.7 Å². The number of carbonyl (C=O) groups is 1. The van der Waals surface area contributed by atoms with Crippen molar-refractivity contribution in [2.45, 2.75) is 11.4 Å². The maximum atomic E-state index is 14.0. The summed E-state index contributed by atoms with van der Waals surface area (Å²) in [5, 5.41) is 8.09. The van der Waals surface area contributed by atoms with Crippen LogP contribution in [0.15, 0.2) is 53.2 Å². The van der Waals surface area contributed by atoms with E-state index in [1.165, 1.54) is 36.1 Å². The molecule has 168 valence electrons. The van der Waals surface area contributed by atoms with Gasteiger partial charge in [0.05, 0.1) is 29.6 Å². The molecular weight excluding hydrogens is 470 g/mol. The lowest BCUT2D eigenvalue weighted by Gasteiger charge is -2.09. The normalized spacial score (nSPS) is 11.5. The molecule has 0 aliphatic rings. The van der Waals surface area contributed by atoms with Crippen molar-refractivity contribution in [2.75, 3.05) is 19.9 Å². The van der Waals surface area contributed by atoms with E-state index in [2.05, 4.69) is 10.3 Å². The number of nitrogens with two attached hydrogens (primary N) is 1. The van der Waals surface area contributed by atoms with E-state index in [0.717, 1.165) is 6.26 Å². The topological polar surface area (TPSA) is 117 Å². The fourth-order valence-corrected chi connectivity index (χ4v) is 3.54. The van der Waals surface area contributed by atoms with Gasteiger partial charge in [-0.3, -0.25) is 0 Å². The van der Waals surface area contributed by atoms with Gasteiger partial charge in [0, 0.05) is 18.4 Å². The third-order valence-corrected chi connectivity index (χ3v) is 5.37. The highest BCUT2D eigenvalue weighted by atomic mass is 35.5. The lowest BCUT2D eigenvalue weighted by molar-refractivity contribution is 0.0601. The fourth-order valence-electron chi connectivity index (χ4n) is 2.87. The number of methoxy groups -OCH3 is 1. The number of carbonyl (C=O) groups excluding carboxylic acids is 1. The molecule has 3 rings (SSSR count). The summed E-state index contributed by atoms with van der Waals surface area (Å²) in [5.74, 6) is -1.10. The van der Waals surface area contributed by atoms with Gasteiger partial charge in [-0.15, -0.1) is 29.9 Å². The molecule has 3 aromatic rings. The van der Waals surface area contributed by atoms with Gasteiger partial charge < -0.3 is 10.5 Å². The molecule has 0 amide bonds. The number of hydrogen-bond acceptors (Lipinski definition) is 7. The summed E-state index contributed by atoms with van der Waals surface area (Å²) in [4.78, 5) is 12.3. The zero-order valence-corrected chi connectivity index (χ0v) is 19.1. The first-order valence-electron chi connectivity index (χ1n) is 8.55. The number of nitrogens with zero attached hydrogens (tertiary/aromatic N) is 3. The Morgan fingerprint density at radius 1 is 1.26 bits per heavy atom. The van der Waals surface area contributed by atoms with E-state index in [0.29, 0.717) is 22.2 Å². The first kappa shape index (κ1) is 26.5. The maximum Gasteiger partial charge on any atom is 0.337 e. The largest absolute Gasteiger partial charge is 0.465 e. The second-order valence-electron chi connectivity index (χ2n) is 6.32. The van der Waals surface area contributed by atoms with Crippen molar-refractivity contribution in [3.8, 4) is 11.1 Å². The minimum absolute atomic E-state index is 0. The molecule has 31 heavy (non-hydrogen) atoms. The van der Waals surface area contributed by atoms with Crippen LogP contribution in [0.1, 0.15) is 10.4 Å². The number of aromatic nitrogens is 3. The van der Waals surface area contributed by atoms with E-state index >= 15 is 0 Å². The Morgan fingerprint density at radius 2 is 1.97 bits per heavy atom. The third-order valence-electron chi connectivity index (χ3n) is 4.26. The Morgan fingerprint density at radius 3 is 2.58 bits per heavy atom. The van der Waals surface area contributed by atoms with E-state index in [9.17, 15) is 17.6 Å². The summed E-state index contributed by atoms with van der Waals surface area (Å²) in [7, 11) is -2.19. The lowest BCUT2D eigenvalue weighted by atomic mass is 10.0. The molecular formula is C19H21Cl2FN4O4S. The monoisotopic (exact) mass is 490 g/mol. The molecule has 0 aliphatic heterocycles. The first-order valence-corrected chi connectivity index (χ1v) is 10.4. The summed E-state index contributed by atoms with van der Waals surface area (Å²) in [6.07, 6.45) is 2.32. The predicted octanol–water partition coefficient (Wildman–Crippen LogP) is 2.94. The molecule has 0 fully saturated rings. The van der Waals surface area contributed by atoms with Crippen molar-refractivity contribution < 1.29 is 22.3 Å². The number of benzene rings is 2. The number of hydrogen-bond donors (Lipinski definition) is 1. The fraction of sp³-hybridized carbons (Fsp3) is 0.211. The van der Waals surface area contributed by atoms with Crippen LogP contribution in [-0.2, 0) is 21.1 Å². The number of sulfone groups is 1. The molecule has 8 nitrogen and oxygen atoms in total. The van der Waals surface area contributed by atoms with E-state index < -0.39 is 21.6 Å². The number of esters is 1. The molecule has 1 aromatic heterocycles. The molecule has 0 saturated carbocycles.